The molecule has 1 saturated heterocycles. The van der Waals surface area contributed by atoms with Crippen LogP contribution in [-0.2, 0) is 17.6 Å². The van der Waals surface area contributed by atoms with Crippen LogP contribution in [0.25, 0.3) is 21.5 Å². The largest absolute Gasteiger partial charge is 0.329 e. The van der Waals surface area contributed by atoms with Crippen LogP contribution in [-0.4, -0.2) is 18.5 Å². The van der Waals surface area contributed by atoms with Gasteiger partial charge in [0.25, 0.3) is 0 Å². The number of hydrogen-bond donors (Lipinski definition) is 1. The maximum Gasteiger partial charge on any atom is 0.329 e. The number of fused-ring (bicyclic) bond motifs is 5. The molecule has 4 aromatic rings. The number of imide groups is 1. The molecule has 1 N–H and O–H groups in total. The highest BCUT2D eigenvalue weighted by Gasteiger charge is 2.37. The molecule has 4 aromatic carbocycles. The van der Waals surface area contributed by atoms with Crippen molar-refractivity contribution < 1.29 is 9.59 Å². The molecular weight excluding hydrogens is 408 g/mol. The molecule has 6 rings (SSSR count). The van der Waals surface area contributed by atoms with Crippen LogP contribution in [0.5, 0.6) is 0 Å². The maximum absolute atomic E-state index is 12.2. The van der Waals surface area contributed by atoms with Gasteiger partial charge in [-0.1, -0.05) is 74.5 Å². The Morgan fingerprint density at radius 2 is 1.70 bits per heavy atom. The zero-order valence-corrected chi connectivity index (χ0v) is 18.9. The highest BCUT2D eigenvalue weighted by Crippen LogP contribution is 2.48. The van der Waals surface area contributed by atoms with Crippen LogP contribution < -0.4 is 10.2 Å². The summed E-state index contributed by atoms with van der Waals surface area (Å²) in [5.74, 6) is 0.0703. The summed E-state index contributed by atoms with van der Waals surface area (Å²) in [6.07, 6.45) is 1.95. The molecule has 0 saturated carbocycles. The molecule has 33 heavy (non-hydrogen) atoms. The Bertz CT molecular complexity index is 1450. The van der Waals surface area contributed by atoms with Gasteiger partial charge in [0.1, 0.15) is 6.54 Å². The lowest BCUT2D eigenvalue weighted by Crippen LogP contribution is -2.32. The van der Waals surface area contributed by atoms with Crippen molar-refractivity contribution in [2.24, 2.45) is 5.41 Å². The van der Waals surface area contributed by atoms with E-state index in [2.05, 4.69) is 79.8 Å². The third kappa shape index (κ3) is 3.20. The Morgan fingerprint density at radius 1 is 0.879 bits per heavy atom. The smallest absolute Gasteiger partial charge is 0.285 e. The summed E-state index contributed by atoms with van der Waals surface area (Å²) in [6.45, 7) is 4.78. The summed E-state index contributed by atoms with van der Waals surface area (Å²) in [7, 11) is 0. The number of benzene rings is 4. The second-order valence-electron chi connectivity index (χ2n) is 10.0. The van der Waals surface area contributed by atoms with Crippen molar-refractivity contribution in [1.29, 1.82) is 0 Å². The van der Waals surface area contributed by atoms with Crippen LogP contribution in [0.3, 0.4) is 0 Å². The van der Waals surface area contributed by atoms with Gasteiger partial charge < -0.3 is 0 Å². The molecule has 0 aromatic heterocycles. The average molecular weight is 435 g/mol. The number of carbonyl (C=O) groups excluding carboxylic acids is 2. The highest BCUT2D eigenvalue weighted by molar-refractivity contribution is 6.12. The molecule has 3 amide bonds. The minimum absolute atomic E-state index is 0.0502. The first-order valence-electron chi connectivity index (χ1n) is 11.5. The predicted molar refractivity (Wildman–Crippen MR) is 133 cm³/mol. The first-order chi connectivity index (χ1) is 15.9. The van der Waals surface area contributed by atoms with E-state index in [1.807, 2.05) is 12.1 Å². The average Bonchev–Trinajstić information content (AvgIpc) is 3.15. The summed E-state index contributed by atoms with van der Waals surface area (Å²) in [4.78, 5) is 25.4. The molecule has 1 unspecified atom stereocenters. The number of hydrogen-bond acceptors (Lipinski definition) is 2. The number of rotatable bonds is 2. The van der Waals surface area contributed by atoms with E-state index in [1.165, 1.54) is 43.1 Å². The fourth-order valence-corrected chi connectivity index (χ4v) is 5.80. The van der Waals surface area contributed by atoms with Crippen molar-refractivity contribution in [3.8, 4) is 0 Å². The Morgan fingerprint density at radius 3 is 2.52 bits per heavy atom. The van der Waals surface area contributed by atoms with Crippen molar-refractivity contribution in [2.45, 2.75) is 32.6 Å². The molecule has 1 fully saturated rings. The van der Waals surface area contributed by atoms with Gasteiger partial charge in [-0.2, -0.15) is 0 Å². The van der Waals surface area contributed by atoms with Crippen molar-refractivity contribution in [1.82, 2.24) is 5.32 Å². The lowest BCUT2D eigenvalue weighted by Gasteiger charge is -2.41. The second kappa shape index (κ2) is 7.17. The van der Waals surface area contributed by atoms with Gasteiger partial charge in [0.15, 0.2) is 0 Å². The number of amides is 3. The van der Waals surface area contributed by atoms with Gasteiger partial charge in [0.2, 0.25) is 5.91 Å². The normalized spacial score (nSPS) is 19.7. The lowest BCUT2D eigenvalue weighted by atomic mass is 9.63. The van der Waals surface area contributed by atoms with Gasteiger partial charge in [-0.15, -0.1) is 0 Å². The molecule has 2 aliphatic rings. The van der Waals surface area contributed by atoms with Crippen LogP contribution >= 0.6 is 0 Å². The van der Waals surface area contributed by atoms with E-state index < -0.39 is 0 Å². The SMILES string of the molecule is CC1(C)Cc2c(ccc3c2ccc2ccccc23)CC1c1cccc(N2CC(=O)NC2=O)c1. The standard InChI is InChI=1S/C29H26N2O2/c1-29(2)16-25-19(11-13-23-22-9-4-3-6-18(22)10-12-24(23)25)15-26(29)20-7-5-8-21(14-20)31-17-27(32)30-28(31)33/h3-14,26H,15-17H2,1-2H3,(H,30,32,33). The van der Waals surface area contributed by atoms with Gasteiger partial charge >= 0.3 is 6.03 Å². The summed E-state index contributed by atoms with van der Waals surface area (Å²) in [6, 6.07) is 25.5. The third-order valence-corrected chi connectivity index (χ3v) is 7.51. The quantitative estimate of drug-likeness (QED) is 0.313. The van der Waals surface area contributed by atoms with Crippen molar-refractivity contribution in [3.05, 3.63) is 89.5 Å². The Balaban J connectivity index is 1.42. The minimum Gasteiger partial charge on any atom is -0.285 e. The molecule has 4 heteroatoms. The molecule has 164 valence electrons. The molecule has 1 aliphatic heterocycles. The molecule has 0 radical (unpaired) electrons. The molecule has 1 aliphatic carbocycles. The summed E-state index contributed by atoms with van der Waals surface area (Å²) >= 11 is 0. The van der Waals surface area contributed by atoms with Gasteiger partial charge in [0.05, 0.1) is 0 Å². The Hall–Kier alpha value is -3.66. The van der Waals surface area contributed by atoms with E-state index in [0.717, 1.165) is 18.5 Å². The van der Waals surface area contributed by atoms with E-state index in [4.69, 9.17) is 0 Å². The zero-order chi connectivity index (χ0) is 22.7. The van der Waals surface area contributed by atoms with Gasteiger partial charge in [-0.3, -0.25) is 15.0 Å². The van der Waals surface area contributed by atoms with Gasteiger partial charge in [0, 0.05) is 5.69 Å². The van der Waals surface area contributed by atoms with E-state index in [9.17, 15) is 9.59 Å². The highest BCUT2D eigenvalue weighted by atomic mass is 16.2. The number of nitrogens with one attached hydrogen (secondary N) is 1. The van der Waals surface area contributed by atoms with Gasteiger partial charge in [-0.25, -0.2) is 4.79 Å². The molecule has 0 bridgehead atoms. The first-order valence-corrected chi connectivity index (χ1v) is 11.5. The van der Waals surface area contributed by atoms with Crippen LogP contribution in [0.15, 0.2) is 72.8 Å². The monoisotopic (exact) mass is 434 g/mol. The summed E-state index contributed by atoms with van der Waals surface area (Å²) < 4.78 is 0. The van der Waals surface area contributed by atoms with E-state index in [1.54, 1.807) is 0 Å². The summed E-state index contributed by atoms with van der Waals surface area (Å²) in [5, 5.41) is 7.64. The Kier molecular flexibility index (Phi) is 4.34. The van der Waals surface area contributed by atoms with Crippen LogP contribution in [0, 0.1) is 5.41 Å². The van der Waals surface area contributed by atoms with Crippen LogP contribution in [0.4, 0.5) is 10.5 Å². The molecule has 0 spiro atoms. The van der Waals surface area contributed by atoms with E-state index in [0.29, 0.717) is 5.92 Å². The fraction of sp³-hybridized carbons (Fsp3) is 0.241. The maximum atomic E-state index is 12.2. The first kappa shape index (κ1) is 20.0. The van der Waals surface area contributed by atoms with E-state index in [-0.39, 0.29) is 23.9 Å². The molecule has 1 heterocycles. The molecular formula is C29H26N2O2. The molecule has 4 nitrogen and oxygen atoms in total. The number of urea groups is 1. The predicted octanol–water partition coefficient (Wildman–Crippen LogP) is 5.96. The van der Waals surface area contributed by atoms with Crippen LogP contribution in [0.2, 0.25) is 0 Å². The van der Waals surface area contributed by atoms with E-state index >= 15 is 0 Å². The fourth-order valence-electron chi connectivity index (χ4n) is 5.80. The zero-order valence-electron chi connectivity index (χ0n) is 18.9. The van der Waals surface area contributed by atoms with Crippen LogP contribution in [0.1, 0.15) is 36.5 Å². The van der Waals surface area contributed by atoms with Crippen molar-refractivity contribution in [3.63, 3.8) is 0 Å². The van der Waals surface area contributed by atoms with Crippen molar-refractivity contribution >= 4 is 39.2 Å². The van der Waals surface area contributed by atoms with Gasteiger partial charge in [-0.05, 0) is 74.5 Å². The second-order valence-corrected chi connectivity index (χ2v) is 10.0. The summed E-state index contributed by atoms with van der Waals surface area (Å²) in [5.41, 5.74) is 4.91. The topological polar surface area (TPSA) is 49.4 Å². The number of anilines is 1. The lowest BCUT2D eigenvalue weighted by molar-refractivity contribution is -0.117. The Labute approximate surface area is 193 Å². The minimum atomic E-state index is -0.343. The number of carbonyl (C=O) groups is 2. The molecule has 1 atom stereocenters. The van der Waals surface area contributed by atoms with Crippen molar-refractivity contribution in [2.75, 3.05) is 11.4 Å². The third-order valence-electron chi connectivity index (χ3n) is 7.51. The number of nitrogens with zero attached hydrogens (tertiary/aromatic N) is 1.